The number of carbonyl (C=O) groups excluding carboxylic acids is 1. The smallest absolute Gasteiger partial charge is 0.407 e. The lowest BCUT2D eigenvalue weighted by Crippen LogP contribution is -2.26. The van der Waals surface area contributed by atoms with E-state index in [-0.39, 0.29) is 6.54 Å². The van der Waals surface area contributed by atoms with Crippen LogP contribution >= 0.6 is 0 Å². The van der Waals surface area contributed by atoms with Crippen LogP contribution in [-0.4, -0.2) is 32.9 Å². The van der Waals surface area contributed by atoms with Crippen molar-refractivity contribution >= 4 is 6.09 Å². The van der Waals surface area contributed by atoms with E-state index in [1.807, 2.05) is 6.07 Å². The fraction of sp³-hybridized carbons (Fsp3) is 0.417. The highest BCUT2D eigenvalue weighted by Gasteiger charge is 2.18. The molecule has 98 valence electrons. The van der Waals surface area contributed by atoms with E-state index in [2.05, 4.69) is 5.32 Å². The third kappa shape index (κ3) is 2.65. The first-order valence-electron chi connectivity index (χ1n) is 5.72. The lowest BCUT2D eigenvalue weighted by Gasteiger charge is -2.21. The summed E-state index contributed by atoms with van der Waals surface area (Å²) in [6.45, 7) is 1.26. The molecule has 3 N–H and O–H groups in total. The molecule has 2 rings (SSSR count). The standard InChI is InChI=1S/C12H16N2O4/c1-14-12(15)18-11(7-13)8-2-3-9-10(6-8)17-5-4-16-9/h2-3,6,11H,4-5,7,13H2,1H3,(H,14,15). The van der Waals surface area contributed by atoms with Crippen molar-refractivity contribution in [3.8, 4) is 11.5 Å². The predicted octanol–water partition coefficient (Wildman–Crippen LogP) is 0.814. The Morgan fingerprint density at radius 2 is 2.17 bits per heavy atom. The van der Waals surface area contributed by atoms with Gasteiger partial charge < -0.3 is 25.3 Å². The molecule has 6 heteroatoms. The number of hydrogen-bond donors (Lipinski definition) is 2. The summed E-state index contributed by atoms with van der Waals surface area (Å²) >= 11 is 0. The average Bonchev–Trinajstić information content (AvgIpc) is 2.44. The molecule has 1 aliphatic heterocycles. The Morgan fingerprint density at radius 3 is 2.83 bits per heavy atom. The van der Waals surface area contributed by atoms with Gasteiger partial charge in [-0.1, -0.05) is 6.07 Å². The van der Waals surface area contributed by atoms with Crippen molar-refractivity contribution in [3.05, 3.63) is 23.8 Å². The number of hydrogen-bond acceptors (Lipinski definition) is 5. The van der Waals surface area contributed by atoms with E-state index in [9.17, 15) is 4.79 Å². The molecule has 0 aromatic heterocycles. The minimum absolute atomic E-state index is 0.201. The van der Waals surface area contributed by atoms with Gasteiger partial charge in [-0.25, -0.2) is 4.79 Å². The first-order chi connectivity index (χ1) is 8.74. The van der Waals surface area contributed by atoms with Crippen LogP contribution in [0.2, 0.25) is 0 Å². The molecule has 0 fully saturated rings. The van der Waals surface area contributed by atoms with Gasteiger partial charge in [0.1, 0.15) is 19.3 Å². The van der Waals surface area contributed by atoms with Crippen molar-refractivity contribution in [3.63, 3.8) is 0 Å². The highest BCUT2D eigenvalue weighted by Crippen LogP contribution is 2.33. The topological polar surface area (TPSA) is 82.8 Å². The Hall–Kier alpha value is -1.95. The number of alkyl carbamates (subject to hydrolysis) is 1. The second-order valence-electron chi connectivity index (χ2n) is 3.78. The SMILES string of the molecule is CNC(=O)OC(CN)c1ccc2c(c1)OCCO2. The lowest BCUT2D eigenvalue weighted by molar-refractivity contribution is 0.103. The van der Waals surface area contributed by atoms with Gasteiger partial charge in [0.15, 0.2) is 11.5 Å². The van der Waals surface area contributed by atoms with Crippen LogP contribution in [0.25, 0.3) is 0 Å². The van der Waals surface area contributed by atoms with Gasteiger partial charge in [0.2, 0.25) is 0 Å². The fourth-order valence-electron chi connectivity index (χ4n) is 1.70. The summed E-state index contributed by atoms with van der Waals surface area (Å²) in [5.74, 6) is 1.35. The number of amides is 1. The van der Waals surface area contributed by atoms with Gasteiger partial charge in [0.25, 0.3) is 0 Å². The van der Waals surface area contributed by atoms with Crippen LogP contribution in [0.15, 0.2) is 18.2 Å². The number of nitrogens with one attached hydrogen (secondary N) is 1. The number of fused-ring (bicyclic) bond motifs is 1. The van der Waals surface area contributed by atoms with Gasteiger partial charge in [-0.05, 0) is 17.7 Å². The Morgan fingerprint density at radius 1 is 1.44 bits per heavy atom. The zero-order valence-corrected chi connectivity index (χ0v) is 10.1. The van der Waals surface area contributed by atoms with Crippen LogP contribution in [-0.2, 0) is 4.74 Å². The zero-order valence-electron chi connectivity index (χ0n) is 10.1. The second-order valence-corrected chi connectivity index (χ2v) is 3.78. The van der Waals surface area contributed by atoms with E-state index in [1.165, 1.54) is 7.05 Å². The summed E-state index contributed by atoms with van der Waals surface area (Å²) in [4.78, 5) is 11.2. The molecular formula is C12H16N2O4. The van der Waals surface area contributed by atoms with Crippen molar-refractivity contribution in [1.82, 2.24) is 5.32 Å². The third-order valence-electron chi connectivity index (χ3n) is 2.61. The van der Waals surface area contributed by atoms with Gasteiger partial charge in [-0.3, -0.25) is 0 Å². The van der Waals surface area contributed by atoms with Gasteiger partial charge in [-0.15, -0.1) is 0 Å². The van der Waals surface area contributed by atoms with E-state index in [1.54, 1.807) is 12.1 Å². The molecule has 1 aliphatic rings. The van der Waals surface area contributed by atoms with Crippen molar-refractivity contribution in [2.75, 3.05) is 26.8 Å². The summed E-state index contributed by atoms with van der Waals surface area (Å²) in [7, 11) is 1.50. The Kier molecular flexibility index (Phi) is 3.88. The number of nitrogens with two attached hydrogens (primary N) is 1. The second kappa shape index (κ2) is 5.59. The van der Waals surface area contributed by atoms with Gasteiger partial charge >= 0.3 is 6.09 Å². The molecular weight excluding hydrogens is 236 g/mol. The summed E-state index contributed by atoms with van der Waals surface area (Å²) in [5.41, 5.74) is 6.39. The van der Waals surface area contributed by atoms with E-state index in [4.69, 9.17) is 19.9 Å². The Labute approximate surface area is 105 Å². The van der Waals surface area contributed by atoms with E-state index < -0.39 is 12.2 Å². The van der Waals surface area contributed by atoms with Crippen molar-refractivity contribution < 1.29 is 19.0 Å². The molecule has 1 aromatic carbocycles. The predicted molar refractivity (Wildman–Crippen MR) is 64.8 cm³/mol. The zero-order chi connectivity index (χ0) is 13.0. The molecule has 0 spiro atoms. The van der Waals surface area contributed by atoms with Gasteiger partial charge in [0, 0.05) is 13.6 Å². The molecule has 1 amide bonds. The van der Waals surface area contributed by atoms with Crippen LogP contribution in [0.3, 0.4) is 0 Å². The monoisotopic (exact) mass is 252 g/mol. The number of benzene rings is 1. The average molecular weight is 252 g/mol. The minimum Gasteiger partial charge on any atom is -0.486 e. The Balaban J connectivity index is 2.18. The molecule has 0 radical (unpaired) electrons. The normalized spacial score (nSPS) is 14.8. The fourth-order valence-corrected chi connectivity index (χ4v) is 1.70. The highest BCUT2D eigenvalue weighted by molar-refractivity contribution is 5.67. The van der Waals surface area contributed by atoms with Gasteiger partial charge in [0.05, 0.1) is 0 Å². The molecule has 0 saturated carbocycles. The van der Waals surface area contributed by atoms with Crippen LogP contribution < -0.4 is 20.5 Å². The molecule has 1 unspecified atom stereocenters. The maximum Gasteiger partial charge on any atom is 0.407 e. The summed E-state index contributed by atoms with van der Waals surface area (Å²) < 4.78 is 16.0. The molecule has 18 heavy (non-hydrogen) atoms. The van der Waals surface area contributed by atoms with Crippen molar-refractivity contribution in [1.29, 1.82) is 0 Å². The van der Waals surface area contributed by atoms with E-state index in [0.717, 1.165) is 5.56 Å². The van der Waals surface area contributed by atoms with Crippen LogP contribution in [0, 0.1) is 0 Å². The number of carbonyl (C=O) groups is 1. The van der Waals surface area contributed by atoms with E-state index in [0.29, 0.717) is 24.7 Å². The largest absolute Gasteiger partial charge is 0.486 e. The van der Waals surface area contributed by atoms with Crippen molar-refractivity contribution in [2.45, 2.75) is 6.10 Å². The number of ether oxygens (including phenoxy) is 3. The maximum atomic E-state index is 11.2. The number of rotatable bonds is 3. The molecule has 1 atom stereocenters. The molecule has 0 aliphatic carbocycles. The van der Waals surface area contributed by atoms with Crippen LogP contribution in [0.5, 0.6) is 11.5 Å². The molecule has 1 aromatic rings. The summed E-state index contributed by atoms with van der Waals surface area (Å²) in [6.07, 6.45) is -1.01. The highest BCUT2D eigenvalue weighted by atomic mass is 16.6. The van der Waals surface area contributed by atoms with Crippen molar-refractivity contribution in [2.24, 2.45) is 5.73 Å². The molecule has 6 nitrogen and oxygen atoms in total. The Bertz CT molecular complexity index is 436. The van der Waals surface area contributed by atoms with Crippen LogP contribution in [0.1, 0.15) is 11.7 Å². The van der Waals surface area contributed by atoms with E-state index >= 15 is 0 Å². The van der Waals surface area contributed by atoms with Crippen LogP contribution in [0.4, 0.5) is 4.79 Å². The third-order valence-corrected chi connectivity index (χ3v) is 2.61. The maximum absolute atomic E-state index is 11.2. The summed E-state index contributed by atoms with van der Waals surface area (Å²) in [6, 6.07) is 5.39. The quantitative estimate of drug-likeness (QED) is 0.832. The first kappa shape index (κ1) is 12.5. The molecule has 0 bridgehead atoms. The minimum atomic E-state index is -0.514. The summed E-state index contributed by atoms with van der Waals surface area (Å²) in [5, 5.41) is 2.39. The molecule has 0 saturated heterocycles. The van der Waals surface area contributed by atoms with Gasteiger partial charge in [-0.2, -0.15) is 0 Å². The molecule has 1 heterocycles. The first-order valence-corrected chi connectivity index (χ1v) is 5.72. The lowest BCUT2D eigenvalue weighted by atomic mass is 10.1.